The van der Waals surface area contributed by atoms with Gasteiger partial charge in [0, 0.05) is 6.07 Å². The molecule has 2 rings (SSSR count). The molecule has 0 saturated carbocycles. The van der Waals surface area contributed by atoms with Crippen LogP contribution in [-0.4, -0.2) is 31.9 Å². The maximum atomic E-state index is 14.0. The van der Waals surface area contributed by atoms with E-state index in [1.54, 1.807) is 38.1 Å². The van der Waals surface area contributed by atoms with Crippen molar-refractivity contribution in [3.63, 3.8) is 0 Å². The van der Waals surface area contributed by atoms with Gasteiger partial charge in [-0.25, -0.2) is 14.0 Å². The molecule has 0 radical (unpaired) electrons. The van der Waals surface area contributed by atoms with E-state index >= 15 is 0 Å². The van der Waals surface area contributed by atoms with Crippen LogP contribution >= 0.6 is 11.6 Å². The van der Waals surface area contributed by atoms with Crippen LogP contribution in [0.1, 0.15) is 13.8 Å². The van der Waals surface area contributed by atoms with Crippen LogP contribution in [0, 0.1) is 5.82 Å². The van der Waals surface area contributed by atoms with Crippen molar-refractivity contribution in [3.8, 4) is 17.2 Å². The Morgan fingerprint density at radius 2 is 1.71 bits per heavy atom. The van der Waals surface area contributed by atoms with Crippen LogP contribution in [0.3, 0.4) is 0 Å². The molecule has 0 aliphatic heterocycles. The number of carbonyl (C=O) groups is 2. The molecule has 0 aliphatic carbocycles. The number of esters is 1. The van der Waals surface area contributed by atoms with Crippen LogP contribution in [0.25, 0.3) is 0 Å². The summed E-state index contributed by atoms with van der Waals surface area (Å²) >= 11 is 6.05. The Labute approximate surface area is 166 Å². The van der Waals surface area contributed by atoms with Crippen molar-refractivity contribution in [2.75, 3.05) is 25.1 Å². The zero-order chi connectivity index (χ0) is 20.5. The molecule has 7 nitrogen and oxygen atoms in total. The monoisotopic (exact) mass is 411 g/mol. The third-order valence-corrected chi connectivity index (χ3v) is 3.55. The summed E-state index contributed by atoms with van der Waals surface area (Å²) in [5.41, 5.74) is -0.164. The summed E-state index contributed by atoms with van der Waals surface area (Å²) < 4.78 is 34.7. The van der Waals surface area contributed by atoms with E-state index in [2.05, 4.69) is 5.32 Å². The minimum absolute atomic E-state index is 0.0212. The van der Waals surface area contributed by atoms with E-state index in [9.17, 15) is 14.0 Å². The highest BCUT2D eigenvalue weighted by Gasteiger charge is 2.15. The molecule has 28 heavy (non-hydrogen) atoms. The van der Waals surface area contributed by atoms with Gasteiger partial charge in [-0.15, -0.1) is 0 Å². The summed E-state index contributed by atoms with van der Waals surface area (Å²) in [4.78, 5) is 23.0. The van der Waals surface area contributed by atoms with Gasteiger partial charge in [-0.3, -0.25) is 5.32 Å². The Morgan fingerprint density at radius 1 is 1.04 bits per heavy atom. The number of carbonyl (C=O) groups excluding carboxylic acids is 2. The number of halogens is 2. The van der Waals surface area contributed by atoms with Crippen molar-refractivity contribution in [2.45, 2.75) is 13.8 Å². The standard InChI is InChI=1S/C19H19ClFNO6/c1-3-25-18(23)11-27-15-7-5-6-8-16(15)28-17-10-14(13(21)9-12(17)20)22-19(24)26-4-2/h5-10H,3-4,11H2,1-2H3,(H,22,24). The number of para-hydroxylation sites is 2. The maximum Gasteiger partial charge on any atom is 0.411 e. The number of anilines is 1. The average molecular weight is 412 g/mol. The predicted octanol–water partition coefficient (Wildman–Crippen LogP) is 4.78. The molecule has 0 fully saturated rings. The molecule has 0 saturated heterocycles. The molecule has 150 valence electrons. The second kappa shape index (κ2) is 10.4. The average Bonchev–Trinajstić information content (AvgIpc) is 2.65. The Hall–Kier alpha value is -3.00. The first kappa shape index (κ1) is 21.3. The molecular weight excluding hydrogens is 393 g/mol. The highest BCUT2D eigenvalue weighted by Crippen LogP contribution is 2.37. The van der Waals surface area contributed by atoms with E-state index in [0.717, 1.165) is 6.07 Å². The van der Waals surface area contributed by atoms with Crippen LogP contribution in [-0.2, 0) is 14.3 Å². The molecule has 0 atom stereocenters. The van der Waals surface area contributed by atoms with Crippen molar-refractivity contribution in [2.24, 2.45) is 0 Å². The topological polar surface area (TPSA) is 83.1 Å². The maximum absolute atomic E-state index is 14.0. The fourth-order valence-electron chi connectivity index (χ4n) is 2.09. The number of ether oxygens (including phenoxy) is 4. The molecule has 1 N–H and O–H groups in total. The Balaban J connectivity index is 2.21. The molecule has 0 unspecified atom stereocenters. The summed E-state index contributed by atoms with van der Waals surface area (Å²) in [6.07, 6.45) is -0.812. The normalized spacial score (nSPS) is 10.1. The third-order valence-electron chi connectivity index (χ3n) is 3.25. The van der Waals surface area contributed by atoms with Gasteiger partial charge >= 0.3 is 12.1 Å². The SMILES string of the molecule is CCOC(=O)COc1ccccc1Oc1cc(NC(=O)OCC)c(F)cc1Cl. The molecule has 2 aromatic carbocycles. The summed E-state index contributed by atoms with van der Waals surface area (Å²) in [6.45, 7) is 3.38. The van der Waals surface area contributed by atoms with Crippen LogP contribution in [0.5, 0.6) is 17.2 Å². The van der Waals surface area contributed by atoms with Gasteiger partial charge in [0.15, 0.2) is 18.1 Å². The molecular formula is C19H19ClFNO6. The molecule has 0 bridgehead atoms. The van der Waals surface area contributed by atoms with E-state index in [4.69, 9.17) is 30.5 Å². The van der Waals surface area contributed by atoms with Crippen molar-refractivity contribution in [1.82, 2.24) is 0 Å². The van der Waals surface area contributed by atoms with Crippen molar-refractivity contribution < 1.29 is 32.9 Å². The fraction of sp³-hybridized carbons (Fsp3) is 0.263. The summed E-state index contributed by atoms with van der Waals surface area (Å²) in [7, 11) is 0. The smallest absolute Gasteiger partial charge is 0.411 e. The first-order valence-corrected chi connectivity index (χ1v) is 8.80. The number of hydrogen-bond donors (Lipinski definition) is 1. The number of nitrogens with one attached hydrogen (secondary N) is 1. The van der Waals surface area contributed by atoms with Gasteiger partial charge in [0.25, 0.3) is 0 Å². The van der Waals surface area contributed by atoms with Crippen LogP contribution < -0.4 is 14.8 Å². The van der Waals surface area contributed by atoms with Gasteiger partial charge in [-0.05, 0) is 32.0 Å². The molecule has 2 aromatic rings. The number of hydrogen-bond acceptors (Lipinski definition) is 6. The van der Waals surface area contributed by atoms with E-state index in [0.29, 0.717) is 0 Å². The number of rotatable bonds is 8. The summed E-state index contributed by atoms with van der Waals surface area (Å²) in [5.74, 6) is -0.712. The van der Waals surface area contributed by atoms with Gasteiger partial charge in [-0.1, -0.05) is 23.7 Å². The number of amides is 1. The lowest BCUT2D eigenvalue weighted by atomic mass is 10.2. The molecule has 0 spiro atoms. The summed E-state index contributed by atoms with van der Waals surface area (Å²) in [5, 5.41) is 2.24. The van der Waals surface area contributed by atoms with Gasteiger partial charge in [0.1, 0.15) is 11.6 Å². The second-order valence-corrected chi connectivity index (χ2v) is 5.66. The van der Waals surface area contributed by atoms with E-state index in [1.165, 1.54) is 6.07 Å². The Kier molecular flexibility index (Phi) is 7.88. The molecule has 1 amide bonds. The van der Waals surface area contributed by atoms with Gasteiger partial charge in [-0.2, -0.15) is 0 Å². The minimum Gasteiger partial charge on any atom is -0.478 e. The zero-order valence-electron chi connectivity index (χ0n) is 15.3. The van der Waals surface area contributed by atoms with E-state index in [1.807, 2.05) is 0 Å². The lowest BCUT2D eigenvalue weighted by molar-refractivity contribution is -0.145. The van der Waals surface area contributed by atoms with Crippen molar-refractivity contribution >= 4 is 29.4 Å². The van der Waals surface area contributed by atoms with Gasteiger partial charge in [0.05, 0.1) is 23.9 Å². The van der Waals surface area contributed by atoms with Crippen molar-refractivity contribution in [3.05, 3.63) is 47.2 Å². The lowest BCUT2D eigenvalue weighted by Gasteiger charge is -2.14. The largest absolute Gasteiger partial charge is 0.478 e. The van der Waals surface area contributed by atoms with Crippen LogP contribution in [0.4, 0.5) is 14.9 Å². The highest BCUT2D eigenvalue weighted by molar-refractivity contribution is 6.32. The Morgan fingerprint density at radius 3 is 2.39 bits per heavy atom. The summed E-state index contributed by atoms with van der Waals surface area (Å²) in [6, 6.07) is 8.76. The van der Waals surface area contributed by atoms with Crippen LogP contribution in [0.15, 0.2) is 36.4 Å². The molecule has 0 aromatic heterocycles. The Bertz CT molecular complexity index is 845. The van der Waals surface area contributed by atoms with Crippen LogP contribution in [0.2, 0.25) is 5.02 Å². The fourth-order valence-corrected chi connectivity index (χ4v) is 2.28. The minimum atomic E-state index is -0.812. The van der Waals surface area contributed by atoms with Crippen molar-refractivity contribution in [1.29, 1.82) is 0 Å². The predicted molar refractivity (Wildman–Crippen MR) is 101 cm³/mol. The van der Waals surface area contributed by atoms with E-state index < -0.39 is 17.9 Å². The molecule has 0 heterocycles. The first-order valence-electron chi connectivity index (χ1n) is 8.42. The van der Waals surface area contributed by atoms with Gasteiger partial charge < -0.3 is 18.9 Å². The molecule has 0 aliphatic rings. The van der Waals surface area contributed by atoms with Gasteiger partial charge in [0.2, 0.25) is 0 Å². The first-order chi connectivity index (χ1) is 13.4. The quantitative estimate of drug-likeness (QED) is 0.629. The third kappa shape index (κ3) is 6.02. The highest BCUT2D eigenvalue weighted by atomic mass is 35.5. The number of benzene rings is 2. The zero-order valence-corrected chi connectivity index (χ0v) is 16.0. The molecule has 9 heteroatoms. The van der Waals surface area contributed by atoms with E-state index in [-0.39, 0.29) is 47.8 Å². The lowest BCUT2D eigenvalue weighted by Crippen LogP contribution is -2.15. The second-order valence-electron chi connectivity index (χ2n) is 5.25.